The Morgan fingerprint density at radius 1 is 1.20 bits per heavy atom. The van der Waals surface area contributed by atoms with E-state index in [1.807, 2.05) is 44.3 Å². The fraction of sp³-hybridized carbons (Fsp3) is 0.370. The van der Waals surface area contributed by atoms with E-state index in [0.29, 0.717) is 36.9 Å². The molecule has 1 aliphatic rings. The highest BCUT2D eigenvalue weighted by molar-refractivity contribution is 5.95. The lowest BCUT2D eigenvalue weighted by atomic mass is 9.83. The minimum atomic E-state index is -0.749. The Bertz CT molecular complexity index is 1210. The number of ether oxygens (including phenoxy) is 1. The minimum absolute atomic E-state index is 0.00675. The standard InChI is InChI=1S/C27H32N4O4/c1-18-14-21(23-6-4-5-7-24(23)28-18)16-35-22-10-8-20(9-11-22)26(33)29-27(15-25(32)30-34)13-12-19(2)31(3)17-27/h4-11,14,19,34H,12-13,15-17H2,1-3H3,(H,29,33)(H,30,32). The summed E-state index contributed by atoms with van der Waals surface area (Å²) in [5.74, 6) is -0.127. The van der Waals surface area contributed by atoms with Crippen LogP contribution in [-0.2, 0) is 11.4 Å². The molecule has 0 bridgehead atoms. The number of aromatic nitrogens is 1. The van der Waals surface area contributed by atoms with Crippen molar-refractivity contribution in [3.05, 3.63) is 71.4 Å². The molecule has 35 heavy (non-hydrogen) atoms. The van der Waals surface area contributed by atoms with Crippen LogP contribution in [0.25, 0.3) is 10.9 Å². The van der Waals surface area contributed by atoms with E-state index >= 15 is 0 Å². The third-order valence-electron chi connectivity index (χ3n) is 6.79. The lowest BCUT2D eigenvalue weighted by molar-refractivity contribution is -0.131. The summed E-state index contributed by atoms with van der Waals surface area (Å²) in [5, 5.41) is 13.2. The molecule has 2 atom stereocenters. The summed E-state index contributed by atoms with van der Waals surface area (Å²) in [7, 11) is 1.97. The smallest absolute Gasteiger partial charge is 0.251 e. The maximum atomic E-state index is 13.1. The number of likely N-dealkylation sites (tertiary alicyclic amines) is 1. The number of nitrogens with one attached hydrogen (secondary N) is 2. The number of para-hydroxylation sites is 1. The number of fused-ring (bicyclic) bond motifs is 1. The van der Waals surface area contributed by atoms with Gasteiger partial charge in [-0.25, -0.2) is 5.48 Å². The van der Waals surface area contributed by atoms with Crippen molar-refractivity contribution in [2.24, 2.45) is 0 Å². The number of aryl methyl sites for hydroxylation is 1. The van der Waals surface area contributed by atoms with Gasteiger partial charge in [0.2, 0.25) is 5.91 Å². The zero-order chi connectivity index (χ0) is 25.0. The van der Waals surface area contributed by atoms with Gasteiger partial charge in [0.25, 0.3) is 5.91 Å². The summed E-state index contributed by atoms with van der Waals surface area (Å²) in [6.45, 7) is 4.99. The molecule has 2 unspecified atom stereocenters. The van der Waals surface area contributed by atoms with Gasteiger partial charge in [-0.1, -0.05) is 18.2 Å². The molecule has 3 aromatic rings. The molecule has 2 aromatic carbocycles. The van der Waals surface area contributed by atoms with Gasteiger partial charge in [0.1, 0.15) is 12.4 Å². The average molecular weight is 477 g/mol. The van der Waals surface area contributed by atoms with Gasteiger partial charge in [0.15, 0.2) is 0 Å². The molecule has 4 rings (SSSR count). The molecule has 8 nitrogen and oxygen atoms in total. The second kappa shape index (κ2) is 10.4. The van der Waals surface area contributed by atoms with Gasteiger partial charge in [-0.05, 0) is 70.1 Å². The number of carbonyl (C=O) groups is 2. The van der Waals surface area contributed by atoms with Crippen LogP contribution in [0.2, 0.25) is 0 Å². The molecule has 1 fully saturated rings. The second-order valence-corrected chi connectivity index (χ2v) is 9.50. The molecule has 0 aliphatic carbocycles. The highest BCUT2D eigenvalue weighted by Gasteiger charge is 2.40. The number of hydroxylamine groups is 1. The fourth-order valence-electron chi connectivity index (χ4n) is 4.75. The van der Waals surface area contributed by atoms with Gasteiger partial charge in [-0.15, -0.1) is 0 Å². The Balaban J connectivity index is 1.44. The van der Waals surface area contributed by atoms with Crippen molar-refractivity contribution in [2.45, 2.75) is 51.3 Å². The van der Waals surface area contributed by atoms with E-state index in [2.05, 4.69) is 22.1 Å². The van der Waals surface area contributed by atoms with Crippen LogP contribution in [0.15, 0.2) is 54.6 Å². The van der Waals surface area contributed by atoms with Gasteiger partial charge >= 0.3 is 0 Å². The van der Waals surface area contributed by atoms with Crippen molar-refractivity contribution in [2.75, 3.05) is 13.6 Å². The molecule has 2 heterocycles. The molecular formula is C27H32N4O4. The number of piperidine rings is 1. The Hall–Kier alpha value is -3.49. The molecule has 0 radical (unpaired) electrons. The van der Waals surface area contributed by atoms with E-state index in [9.17, 15) is 9.59 Å². The molecule has 0 saturated carbocycles. The van der Waals surface area contributed by atoms with Gasteiger partial charge in [0, 0.05) is 34.8 Å². The topological polar surface area (TPSA) is 104 Å². The number of likely N-dealkylation sites (N-methyl/N-ethyl adjacent to an activating group) is 1. The first-order chi connectivity index (χ1) is 16.8. The molecule has 8 heteroatoms. The van der Waals surface area contributed by atoms with Gasteiger partial charge < -0.3 is 15.0 Å². The van der Waals surface area contributed by atoms with E-state index < -0.39 is 11.4 Å². The van der Waals surface area contributed by atoms with Gasteiger partial charge in [-0.2, -0.15) is 0 Å². The SMILES string of the molecule is Cc1cc(COc2ccc(C(=O)NC3(CC(=O)NO)CCC(C)N(C)C3)cc2)c2ccccc2n1. The van der Waals surface area contributed by atoms with Crippen LogP contribution in [0, 0.1) is 6.92 Å². The van der Waals surface area contributed by atoms with Crippen molar-refractivity contribution in [1.82, 2.24) is 20.7 Å². The molecule has 1 aromatic heterocycles. The number of rotatable bonds is 7. The third-order valence-corrected chi connectivity index (χ3v) is 6.79. The van der Waals surface area contributed by atoms with Gasteiger partial charge in [0.05, 0.1) is 17.5 Å². The zero-order valence-corrected chi connectivity index (χ0v) is 20.4. The Morgan fingerprint density at radius 2 is 1.94 bits per heavy atom. The van der Waals surface area contributed by atoms with E-state index in [4.69, 9.17) is 9.94 Å². The fourth-order valence-corrected chi connectivity index (χ4v) is 4.75. The van der Waals surface area contributed by atoms with Crippen LogP contribution < -0.4 is 15.5 Å². The zero-order valence-electron chi connectivity index (χ0n) is 20.4. The van der Waals surface area contributed by atoms with Crippen LogP contribution in [0.5, 0.6) is 5.75 Å². The summed E-state index contributed by atoms with van der Waals surface area (Å²) in [6, 6.07) is 17.3. The molecule has 1 saturated heterocycles. The number of pyridine rings is 1. The Labute approximate surface area is 205 Å². The largest absolute Gasteiger partial charge is 0.489 e. The van der Waals surface area contributed by atoms with Gasteiger partial charge in [-0.3, -0.25) is 19.8 Å². The van der Waals surface area contributed by atoms with Crippen LogP contribution >= 0.6 is 0 Å². The van der Waals surface area contributed by atoms with Crippen molar-refractivity contribution < 1.29 is 19.5 Å². The number of carbonyl (C=O) groups excluding carboxylic acids is 2. The lowest BCUT2D eigenvalue weighted by Crippen LogP contribution is -2.61. The first kappa shape index (κ1) is 24.6. The highest BCUT2D eigenvalue weighted by Crippen LogP contribution is 2.28. The quantitative estimate of drug-likeness (QED) is 0.356. The van der Waals surface area contributed by atoms with Crippen molar-refractivity contribution >= 4 is 22.7 Å². The van der Waals surface area contributed by atoms with Crippen LogP contribution in [0.1, 0.15) is 47.8 Å². The molecule has 3 N–H and O–H groups in total. The summed E-state index contributed by atoms with van der Waals surface area (Å²) in [6.07, 6.45) is 1.50. The van der Waals surface area contributed by atoms with Crippen LogP contribution in [0.3, 0.4) is 0 Å². The maximum absolute atomic E-state index is 13.1. The number of hydrogen-bond acceptors (Lipinski definition) is 6. The monoisotopic (exact) mass is 476 g/mol. The molecule has 2 amide bonds. The lowest BCUT2D eigenvalue weighted by Gasteiger charge is -2.44. The molecule has 0 spiro atoms. The number of benzene rings is 2. The third kappa shape index (κ3) is 5.78. The summed E-state index contributed by atoms with van der Waals surface area (Å²) in [5.41, 5.74) is 4.34. The minimum Gasteiger partial charge on any atom is -0.489 e. The van der Waals surface area contributed by atoms with E-state index in [1.165, 1.54) is 0 Å². The van der Waals surface area contributed by atoms with Crippen LogP contribution in [0.4, 0.5) is 0 Å². The predicted octanol–water partition coefficient (Wildman–Crippen LogP) is 3.60. The number of amides is 2. The Morgan fingerprint density at radius 3 is 2.66 bits per heavy atom. The molecule has 1 aliphatic heterocycles. The van der Waals surface area contributed by atoms with Crippen molar-refractivity contribution in [1.29, 1.82) is 0 Å². The average Bonchev–Trinajstić information content (AvgIpc) is 2.85. The maximum Gasteiger partial charge on any atom is 0.251 e. The number of hydrogen-bond donors (Lipinski definition) is 3. The summed E-state index contributed by atoms with van der Waals surface area (Å²) in [4.78, 5) is 31.7. The molecular weight excluding hydrogens is 444 g/mol. The predicted molar refractivity (Wildman–Crippen MR) is 133 cm³/mol. The first-order valence-electron chi connectivity index (χ1n) is 11.8. The Kier molecular flexibility index (Phi) is 7.33. The normalized spacial score (nSPS) is 20.4. The number of nitrogens with zero attached hydrogens (tertiary/aromatic N) is 2. The van der Waals surface area contributed by atoms with Crippen LogP contribution in [-0.4, -0.2) is 52.1 Å². The summed E-state index contributed by atoms with van der Waals surface area (Å²) < 4.78 is 6.01. The van der Waals surface area contributed by atoms with E-state index in [-0.39, 0.29) is 12.3 Å². The van der Waals surface area contributed by atoms with Crippen molar-refractivity contribution in [3.8, 4) is 5.75 Å². The van der Waals surface area contributed by atoms with E-state index in [0.717, 1.165) is 28.6 Å². The second-order valence-electron chi connectivity index (χ2n) is 9.50. The first-order valence-corrected chi connectivity index (χ1v) is 11.8. The highest BCUT2D eigenvalue weighted by atomic mass is 16.5. The van der Waals surface area contributed by atoms with Crippen molar-refractivity contribution in [3.63, 3.8) is 0 Å². The molecule has 184 valence electrons. The summed E-state index contributed by atoms with van der Waals surface area (Å²) >= 11 is 0. The van der Waals surface area contributed by atoms with E-state index in [1.54, 1.807) is 29.7 Å².